The van der Waals surface area contributed by atoms with E-state index >= 15 is 0 Å². The summed E-state index contributed by atoms with van der Waals surface area (Å²) in [5.41, 5.74) is 23.8. The Morgan fingerprint density at radius 1 is 0.510 bits per heavy atom. The molecular formula is C65H93N17O16. The number of imidazole rings is 1. The summed E-state index contributed by atoms with van der Waals surface area (Å²) in [6.07, 6.45) is 0.0840. The first-order valence-electron chi connectivity index (χ1n) is 32.0. The van der Waals surface area contributed by atoms with Gasteiger partial charge in [-0.05, 0) is 106 Å². The molecule has 23 N–H and O–H groups in total. The van der Waals surface area contributed by atoms with Crippen molar-refractivity contribution >= 4 is 76.9 Å². The van der Waals surface area contributed by atoms with Gasteiger partial charge < -0.3 is 102 Å². The molecule has 33 nitrogen and oxygen atoms in total. The maximum absolute atomic E-state index is 14.9. The number of guanidine groups is 1. The number of hydrogen-bond acceptors (Lipinski definition) is 18. The second-order valence-electron chi connectivity index (χ2n) is 23.7. The van der Waals surface area contributed by atoms with Gasteiger partial charge in [-0.2, -0.15) is 0 Å². The summed E-state index contributed by atoms with van der Waals surface area (Å²) < 4.78 is 0. The van der Waals surface area contributed by atoms with E-state index in [1.807, 2.05) is 0 Å². The molecule has 0 aliphatic heterocycles. The molecule has 0 bridgehead atoms. The van der Waals surface area contributed by atoms with Crippen molar-refractivity contribution in [1.82, 2.24) is 63.1 Å². The summed E-state index contributed by atoms with van der Waals surface area (Å²) in [5, 5.41) is 66.2. The van der Waals surface area contributed by atoms with E-state index in [4.69, 9.17) is 22.9 Å². The van der Waals surface area contributed by atoms with E-state index in [1.54, 1.807) is 44.2 Å². The van der Waals surface area contributed by atoms with Crippen LogP contribution in [-0.2, 0) is 83.2 Å². The van der Waals surface area contributed by atoms with Gasteiger partial charge in [0, 0.05) is 57.5 Å². The number of nitrogens with one attached hydrogen (secondary N) is 11. The maximum Gasteiger partial charge on any atom is 0.303 e. The van der Waals surface area contributed by atoms with Crippen molar-refractivity contribution in [3.63, 3.8) is 0 Å². The number of benzene rings is 3. The molecule has 0 saturated heterocycles. The summed E-state index contributed by atoms with van der Waals surface area (Å²) in [6, 6.07) is 4.69. The van der Waals surface area contributed by atoms with Gasteiger partial charge in [0.2, 0.25) is 65.0 Å². The van der Waals surface area contributed by atoms with E-state index in [0.717, 1.165) is 0 Å². The molecule has 0 saturated carbocycles. The number of aliphatic hydroxyl groups excluding tert-OH is 1. The maximum atomic E-state index is 14.9. The summed E-state index contributed by atoms with van der Waals surface area (Å²) in [5.74, 6) is -12.4. The molecule has 98 heavy (non-hydrogen) atoms. The number of carboxylic acid groups (broad SMARTS) is 1. The van der Waals surface area contributed by atoms with Gasteiger partial charge >= 0.3 is 5.97 Å². The highest BCUT2D eigenvalue weighted by Crippen LogP contribution is 2.17. The van der Waals surface area contributed by atoms with Gasteiger partial charge in [-0.3, -0.25) is 62.5 Å². The molecule has 534 valence electrons. The third-order valence-electron chi connectivity index (χ3n) is 15.7. The number of aromatic nitrogens is 2. The van der Waals surface area contributed by atoms with Crippen LogP contribution in [0.2, 0.25) is 0 Å². The smallest absolute Gasteiger partial charge is 0.303 e. The summed E-state index contributed by atoms with van der Waals surface area (Å²) in [6.45, 7) is 7.45. The number of unbranched alkanes of at least 4 members (excludes halogenated alkanes) is 1. The minimum absolute atomic E-state index is 0.0962. The molecule has 0 unspecified atom stereocenters. The molecule has 4 aromatic rings. The molecule has 0 aliphatic carbocycles. The molecule has 0 aliphatic rings. The highest BCUT2D eigenvalue weighted by atomic mass is 16.4. The first kappa shape index (κ1) is 79.7. The number of rotatable bonds is 42. The van der Waals surface area contributed by atoms with Crippen LogP contribution in [-0.4, -0.2) is 187 Å². The van der Waals surface area contributed by atoms with E-state index in [0.29, 0.717) is 28.8 Å². The molecule has 1 aromatic heterocycles. The Morgan fingerprint density at radius 2 is 0.939 bits per heavy atom. The Balaban J connectivity index is 1.66. The van der Waals surface area contributed by atoms with Crippen LogP contribution >= 0.6 is 0 Å². The van der Waals surface area contributed by atoms with Crippen LogP contribution in [0.5, 0.6) is 11.5 Å². The van der Waals surface area contributed by atoms with Crippen LogP contribution in [0.3, 0.4) is 0 Å². The van der Waals surface area contributed by atoms with Gasteiger partial charge in [0.25, 0.3) is 0 Å². The largest absolute Gasteiger partial charge is 0.508 e. The zero-order valence-electron chi connectivity index (χ0n) is 55.4. The zero-order chi connectivity index (χ0) is 72.6. The standard InChI is InChI=1S/C65H93N17O16/c1-6-35(2)53(81-63(97)51(32-42-33-70-34-72-42)77-56(90)36(3)73-57(91)45(74-38(5)84)16-12-28-71-65(68)69)64(98)76-46(15-10-11-27-66)58(92)75-47(25-26-52(87)88)59(93)78-49(30-40-17-21-43(85)22-18-40)61(95)79-48(29-39-13-8-7-9-14-39)60(94)80-50(31-41-19-23-44(86)24-20-41)62(96)82-54(37(4)83)55(67)89/h7-9,13-14,17-24,33-37,45-51,53-54,83,85-86H,6,10-12,15-16,25-32,66H2,1-5H3,(H2,67,89)(H,70,72)(H,73,91)(H,74,84)(H,75,92)(H,76,98)(H,77,90)(H,78,93)(H,79,95)(H,80,94)(H,81,97)(H,82,96)(H,87,88)(H4,68,69,71)/t35-,36-,37+,45-,46-,47-,48-,49-,50-,51-,53-,54-/m0/s1. The highest BCUT2D eigenvalue weighted by Gasteiger charge is 2.37. The summed E-state index contributed by atoms with van der Waals surface area (Å²) in [4.78, 5) is 176. The monoisotopic (exact) mass is 1370 g/mol. The molecule has 1 heterocycles. The molecular weight excluding hydrogens is 1270 g/mol. The molecule has 3 aromatic carbocycles. The van der Waals surface area contributed by atoms with Crippen molar-refractivity contribution in [2.75, 3.05) is 13.1 Å². The Hall–Kier alpha value is -10.7. The second kappa shape index (κ2) is 40.6. The molecule has 12 atom stereocenters. The fraction of sp³-hybridized carbons (Fsp3) is 0.477. The molecule has 0 radical (unpaired) electrons. The predicted octanol–water partition coefficient (Wildman–Crippen LogP) is -3.06. The summed E-state index contributed by atoms with van der Waals surface area (Å²) >= 11 is 0. The fourth-order valence-corrected chi connectivity index (χ4v) is 10.0. The number of aliphatic carboxylic acids is 1. The lowest BCUT2D eigenvalue weighted by Gasteiger charge is -2.30. The Kier molecular flexibility index (Phi) is 33.1. The Bertz CT molecular complexity index is 3340. The van der Waals surface area contributed by atoms with Crippen molar-refractivity contribution in [2.24, 2.45) is 33.8 Å². The number of carboxylic acids is 1. The molecule has 0 fully saturated rings. The molecule has 4 rings (SSSR count). The third-order valence-corrected chi connectivity index (χ3v) is 15.7. The van der Waals surface area contributed by atoms with Crippen molar-refractivity contribution < 1.29 is 78.0 Å². The van der Waals surface area contributed by atoms with Gasteiger partial charge in [0.05, 0.1) is 12.4 Å². The number of carbonyl (C=O) groups excluding carboxylic acids is 11. The lowest BCUT2D eigenvalue weighted by molar-refractivity contribution is -0.139. The SMILES string of the molecule is CC[C@H](C)[C@H](NC(=O)[C@H](Cc1cnc[nH]1)NC(=O)[C@H](C)NC(=O)[C@H](CCCN=C(N)N)NC(C)=O)C(=O)N[C@@H](CCCCN)C(=O)N[C@@H](CCC(=O)O)C(=O)N[C@@H](Cc1ccc(O)cc1)C(=O)N[C@@H](Cc1ccccc1)C(=O)N[C@@H](Cc1ccc(O)cc1)C(=O)N[C@H](C(N)=O)[C@@H](C)O. The minimum atomic E-state index is -1.74. The molecule has 11 amide bonds. The normalized spacial score (nSPS) is 14.7. The van der Waals surface area contributed by atoms with Crippen molar-refractivity contribution in [3.05, 3.63) is 114 Å². The number of aliphatic hydroxyl groups is 1. The number of primary amides is 1. The lowest BCUT2D eigenvalue weighted by atomic mass is 9.96. The van der Waals surface area contributed by atoms with Crippen molar-refractivity contribution in [2.45, 2.75) is 178 Å². The van der Waals surface area contributed by atoms with E-state index < -0.39 is 156 Å². The number of phenolic OH excluding ortho intramolecular Hbond substituents is 2. The van der Waals surface area contributed by atoms with Crippen LogP contribution in [0.25, 0.3) is 0 Å². The lowest BCUT2D eigenvalue weighted by Crippen LogP contribution is -2.62. The van der Waals surface area contributed by atoms with Crippen molar-refractivity contribution in [1.29, 1.82) is 0 Å². The minimum Gasteiger partial charge on any atom is -0.508 e. The number of phenols is 2. The van der Waals surface area contributed by atoms with E-state index in [-0.39, 0.29) is 88.3 Å². The number of aromatic hydroxyl groups is 2. The van der Waals surface area contributed by atoms with Gasteiger partial charge in [-0.1, -0.05) is 74.9 Å². The Labute approximate surface area is 566 Å². The highest BCUT2D eigenvalue weighted by molar-refractivity contribution is 5.99. The van der Waals surface area contributed by atoms with Gasteiger partial charge in [-0.25, -0.2) is 4.98 Å². The first-order chi connectivity index (χ1) is 46.5. The fourth-order valence-electron chi connectivity index (χ4n) is 10.0. The van der Waals surface area contributed by atoms with Gasteiger partial charge in [0.1, 0.15) is 71.9 Å². The number of aromatic amines is 1. The number of aliphatic imine (C=N–C) groups is 1. The number of hydrogen-bond donors (Lipinski definition) is 19. The van der Waals surface area contributed by atoms with E-state index in [9.17, 15) is 78.0 Å². The van der Waals surface area contributed by atoms with Crippen LogP contribution in [0, 0.1) is 5.92 Å². The van der Waals surface area contributed by atoms with Crippen LogP contribution in [0.15, 0.2) is 96.4 Å². The predicted molar refractivity (Wildman–Crippen MR) is 357 cm³/mol. The quantitative estimate of drug-likeness (QED) is 0.0119. The van der Waals surface area contributed by atoms with Gasteiger partial charge in [0.15, 0.2) is 5.96 Å². The second-order valence-corrected chi connectivity index (χ2v) is 23.7. The van der Waals surface area contributed by atoms with E-state index in [2.05, 4.69) is 68.1 Å². The number of nitrogens with two attached hydrogens (primary N) is 4. The first-order valence-corrected chi connectivity index (χ1v) is 32.0. The van der Waals surface area contributed by atoms with Crippen LogP contribution in [0.1, 0.15) is 108 Å². The zero-order valence-corrected chi connectivity index (χ0v) is 55.4. The Morgan fingerprint density at radius 3 is 1.40 bits per heavy atom. The van der Waals surface area contributed by atoms with Crippen LogP contribution in [0.4, 0.5) is 0 Å². The van der Waals surface area contributed by atoms with E-state index in [1.165, 1.54) is 81.8 Å². The topological polar surface area (TPSA) is 551 Å². The third kappa shape index (κ3) is 27.9. The number of carbonyl (C=O) groups is 12. The average Bonchev–Trinajstić information content (AvgIpc) is 0.874. The number of nitrogens with zero attached hydrogens (tertiary/aromatic N) is 2. The summed E-state index contributed by atoms with van der Waals surface area (Å²) in [7, 11) is 0. The van der Waals surface area contributed by atoms with Crippen molar-refractivity contribution in [3.8, 4) is 11.5 Å². The number of H-pyrrole nitrogens is 1. The molecule has 0 spiro atoms. The van der Waals surface area contributed by atoms with Crippen LogP contribution < -0.4 is 76.1 Å². The number of amides is 11. The average molecular weight is 1370 g/mol. The molecule has 33 heteroatoms. The van der Waals surface area contributed by atoms with Gasteiger partial charge in [-0.15, -0.1) is 0 Å².